The molecule has 5 heteroatoms. The number of rotatable bonds is 8. The van der Waals surface area contributed by atoms with Gasteiger partial charge < -0.3 is 15.3 Å². The van der Waals surface area contributed by atoms with Crippen molar-refractivity contribution in [1.29, 1.82) is 0 Å². The number of hydrogen-bond donors (Lipinski definition) is 2. The number of carboxylic acids is 1. The largest absolute Gasteiger partial charge is 0.480 e. The van der Waals surface area contributed by atoms with E-state index in [0.29, 0.717) is 18.4 Å². The van der Waals surface area contributed by atoms with Gasteiger partial charge in [-0.2, -0.15) is 0 Å². The third-order valence-electron chi connectivity index (χ3n) is 4.56. The Labute approximate surface area is 129 Å². The molecule has 0 radical (unpaired) electrons. The Morgan fingerprint density at radius 2 is 2.05 bits per heavy atom. The molecule has 0 aromatic carbocycles. The van der Waals surface area contributed by atoms with Crippen LogP contribution in [0.5, 0.6) is 0 Å². The van der Waals surface area contributed by atoms with Gasteiger partial charge in [0, 0.05) is 25.7 Å². The van der Waals surface area contributed by atoms with Crippen molar-refractivity contribution in [2.45, 2.75) is 51.1 Å². The van der Waals surface area contributed by atoms with Crippen LogP contribution in [0, 0.1) is 5.92 Å². The molecule has 0 heterocycles. The van der Waals surface area contributed by atoms with Crippen LogP contribution in [0.15, 0.2) is 0 Å². The van der Waals surface area contributed by atoms with E-state index < -0.39 is 11.5 Å². The number of nitrogens with one attached hydrogen (secondary N) is 1. The first-order valence-corrected chi connectivity index (χ1v) is 8.12. The van der Waals surface area contributed by atoms with E-state index in [1.807, 2.05) is 0 Å². The highest BCUT2D eigenvalue weighted by Gasteiger charge is 2.43. The molecular formula is C16H33N3O2. The van der Waals surface area contributed by atoms with E-state index in [0.717, 1.165) is 38.9 Å². The smallest absolute Gasteiger partial charge is 0.323 e. The van der Waals surface area contributed by atoms with Crippen molar-refractivity contribution >= 4 is 5.97 Å². The van der Waals surface area contributed by atoms with Crippen molar-refractivity contribution in [1.82, 2.24) is 15.1 Å². The molecule has 1 aliphatic carbocycles. The monoisotopic (exact) mass is 299 g/mol. The quantitative estimate of drug-likeness (QED) is 0.711. The number of carboxylic acid groups (broad SMARTS) is 1. The van der Waals surface area contributed by atoms with Crippen molar-refractivity contribution in [2.24, 2.45) is 5.92 Å². The Morgan fingerprint density at radius 3 is 2.52 bits per heavy atom. The highest BCUT2D eigenvalue weighted by molar-refractivity contribution is 5.79. The summed E-state index contributed by atoms with van der Waals surface area (Å²) in [5.74, 6) is -0.102. The van der Waals surface area contributed by atoms with E-state index in [4.69, 9.17) is 0 Å². The molecule has 2 atom stereocenters. The van der Waals surface area contributed by atoms with Gasteiger partial charge in [-0.1, -0.05) is 13.8 Å². The average Bonchev–Trinajstić information content (AvgIpc) is 2.42. The molecule has 0 spiro atoms. The lowest BCUT2D eigenvalue weighted by atomic mass is 9.78. The maximum Gasteiger partial charge on any atom is 0.323 e. The van der Waals surface area contributed by atoms with Gasteiger partial charge in [-0.15, -0.1) is 0 Å². The summed E-state index contributed by atoms with van der Waals surface area (Å²) >= 11 is 0. The topological polar surface area (TPSA) is 55.8 Å². The minimum absolute atomic E-state index is 0.365. The Balaban J connectivity index is 2.78. The van der Waals surface area contributed by atoms with Crippen molar-refractivity contribution in [3.05, 3.63) is 0 Å². The molecule has 1 saturated carbocycles. The van der Waals surface area contributed by atoms with Gasteiger partial charge in [0.1, 0.15) is 5.54 Å². The van der Waals surface area contributed by atoms with Gasteiger partial charge in [0.15, 0.2) is 0 Å². The second-order valence-electron chi connectivity index (χ2n) is 7.08. The van der Waals surface area contributed by atoms with Crippen molar-refractivity contribution in [3.63, 3.8) is 0 Å². The molecule has 1 fully saturated rings. The van der Waals surface area contributed by atoms with Crippen LogP contribution < -0.4 is 5.32 Å². The highest BCUT2D eigenvalue weighted by atomic mass is 16.4. The van der Waals surface area contributed by atoms with Gasteiger partial charge >= 0.3 is 5.97 Å². The molecule has 1 aliphatic rings. The zero-order valence-corrected chi connectivity index (χ0v) is 14.4. The summed E-state index contributed by atoms with van der Waals surface area (Å²) in [6.07, 6.45) is 3.53. The molecule has 124 valence electrons. The predicted molar refractivity (Wildman–Crippen MR) is 86.6 cm³/mol. The fourth-order valence-corrected chi connectivity index (χ4v) is 3.31. The number of likely N-dealkylation sites (N-methyl/N-ethyl adjacent to an activating group) is 2. The molecule has 21 heavy (non-hydrogen) atoms. The number of carbonyl (C=O) groups is 1. The van der Waals surface area contributed by atoms with Gasteiger partial charge in [-0.25, -0.2) is 0 Å². The zero-order chi connectivity index (χ0) is 16.0. The number of nitrogens with zero attached hydrogens (tertiary/aromatic N) is 2. The molecule has 0 aromatic rings. The molecule has 0 aliphatic heterocycles. The minimum atomic E-state index is -0.740. The van der Waals surface area contributed by atoms with Crippen LogP contribution in [-0.2, 0) is 4.79 Å². The molecule has 2 unspecified atom stereocenters. The summed E-state index contributed by atoms with van der Waals surface area (Å²) in [5, 5.41) is 12.7. The van der Waals surface area contributed by atoms with Gasteiger partial charge in [-0.3, -0.25) is 9.69 Å². The van der Waals surface area contributed by atoms with Gasteiger partial charge in [0.2, 0.25) is 0 Å². The fraction of sp³-hybridized carbons (Fsp3) is 0.938. The van der Waals surface area contributed by atoms with Gasteiger partial charge in [0.25, 0.3) is 0 Å². The summed E-state index contributed by atoms with van der Waals surface area (Å²) in [6, 6.07) is 0.365. The molecule has 0 amide bonds. The van der Waals surface area contributed by atoms with Crippen molar-refractivity contribution in [3.8, 4) is 0 Å². The first kappa shape index (κ1) is 18.4. The molecule has 5 nitrogen and oxygen atoms in total. The van der Waals surface area contributed by atoms with Gasteiger partial charge in [0.05, 0.1) is 0 Å². The number of aliphatic carboxylic acids is 1. The SMILES string of the molecule is CNC1(C(=O)O)CCCC(N(CCN(C)C)CC(C)C)C1. The van der Waals surface area contributed by atoms with Crippen LogP contribution in [0.2, 0.25) is 0 Å². The van der Waals surface area contributed by atoms with Crippen LogP contribution in [0.3, 0.4) is 0 Å². The van der Waals surface area contributed by atoms with E-state index in [1.165, 1.54) is 0 Å². The summed E-state index contributed by atoms with van der Waals surface area (Å²) in [5.41, 5.74) is -0.740. The Bertz CT molecular complexity index is 333. The Hall–Kier alpha value is -0.650. The van der Waals surface area contributed by atoms with Crippen LogP contribution in [-0.4, -0.2) is 73.2 Å². The fourth-order valence-electron chi connectivity index (χ4n) is 3.31. The lowest BCUT2D eigenvalue weighted by Crippen LogP contribution is -2.58. The van der Waals surface area contributed by atoms with Crippen LogP contribution in [0.25, 0.3) is 0 Å². The van der Waals surface area contributed by atoms with E-state index in [1.54, 1.807) is 7.05 Å². The predicted octanol–water partition coefficient (Wildman–Crippen LogP) is 1.49. The normalized spacial score (nSPS) is 26.8. The second kappa shape index (κ2) is 8.11. The van der Waals surface area contributed by atoms with E-state index in [2.05, 4.69) is 43.1 Å². The van der Waals surface area contributed by atoms with E-state index in [9.17, 15) is 9.90 Å². The summed E-state index contributed by atoms with van der Waals surface area (Å²) in [6.45, 7) is 7.53. The Kier molecular flexibility index (Phi) is 7.10. The van der Waals surface area contributed by atoms with Crippen LogP contribution in [0.4, 0.5) is 0 Å². The zero-order valence-electron chi connectivity index (χ0n) is 14.4. The molecule has 0 saturated heterocycles. The van der Waals surface area contributed by atoms with Crippen LogP contribution in [0.1, 0.15) is 39.5 Å². The summed E-state index contributed by atoms with van der Waals surface area (Å²) in [7, 11) is 5.95. The lowest BCUT2D eigenvalue weighted by molar-refractivity contribution is -0.147. The van der Waals surface area contributed by atoms with Gasteiger partial charge in [-0.05, 0) is 52.7 Å². The van der Waals surface area contributed by atoms with Crippen LogP contribution >= 0.6 is 0 Å². The molecule has 1 rings (SSSR count). The van der Waals surface area contributed by atoms with Crippen molar-refractivity contribution < 1.29 is 9.90 Å². The number of hydrogen-bond acceptors (Lipinski definition) is 4. The summed E-state index contributed by atoms with van der Waals surface area (Å²) < 4.78 is 0. The molecule has 0 aromatic heterocycles. The van der Waals surface area contributed by atoms with E-state index in [-0.39, 0.29) is 0 Å². The third-order valence-corrected chi connectivity index (χ3v) is 4.56. The Morgan fingerprint density at radius 1 is 1.38 bits per heavy atom. The molecule has 2 N–H and O–H groups in total. The summed E-state index contributed by atoms with van der Waals surface area (Å²) in [4.78, 5) is 16.4. The lowest BCUT2D eigenvalue weighted by Gasteiger charge is -2.43. The van der Waals surface area contributed by atoms with E-state index >= 15 is 0 Å². The second-order valence-corrected chi connectivity index (χ2v) is 7.08. The highest BCUT2D eigenvalue weighted by Crippen LogP contribution is 2.31. The maximum atomic E-state index is 11.7. The average molecular weight is 299 g/mol. The molecule has 0 bridgehead atoms. The van der Waals surface area contributed by atoms with Crippen molar-refractivity contribution in [2.75, 3.05) is 40.8 Å². The minimum Gasteiger partial charge on any atom is -0.480 e. The third kappa shape index (κ3) is 5.24. The first-order chi connectivity index (χ1) is 9.80. The molecular weight excluding hydrogens is 266 g/mol. The maximum absolute atomic E-state index is 11.7. The standard InChI is InChI=1S/C16H33N3O2/c1-13(2)12-19(10-9-18(4)5)14-7-6-8-16(11-14,17-3)15(20)21/h13-14,17H,6-12H2,1-5H3,(H,20,21). The first-order valence-electron chi connectivity index (χ1n) is 8.12.